The number of hydrogen-bond acceptors (Lipinski definition) is 1. The molecule has 0 spiro atoms. The maximum atomic E-state index is 13.2. The number of ketones is 1. The number of rotatable bonds is 3. The molecule has 1 nitrogen and oxygen atoms in total. The quantitative estimate of drug-likeness (QED) is 0.755. The molecule has 0 heterocycles. The van der Waals surface area contributed by atoms with Crippen LogP contribution >= 0.6 is 0 Å². The molecule has 0 saturated heterocycles. The van der Waals surface area contributed by atoms with Gasteiger partial charge >= 0.3 is 0 Å². The van der Waals surface area contributed by atoms with Crippen molar-refractivity contribution in [2.24, 2.45) is 0 Å². The Hall–Kier alpha value is -1.96. The smallest absolute Gasteiger partial charge is 0.163 e. The molecular formula is C17H15FO. The van der Waals surface area contributed by atoms with Crippen LogP contribution in [-0.4, -0.2) is 5.78 Å². The van der Waals surface area contributed by atoms with Gasteiger partial charge < -0.3 is 0 Å². The Bertz CT molecular complexity index is 645. The summed E-state index contributed by atoms with van der Waals surface area (Å²) in [7, 11) is 0. The van der Waals surface area contributed by atoms with Crippen molar-refractivity contribution in [2.45, 2.75) is 25.7 Å². The number of carbonyl (C=O) groups is 1. The molecule has 3 rings (SSSR count). The van der Waals surface area contributed by atoms with Crippen LogP contribution in [0.5, 0.6) is 0 Å². The molecule has 1 aliphatic rings. The lowest BCUT2D eigenvalue weighted by Gasteiger charge is -2.29. The van der Waals surface area contributed by atoms with Crippen molar-refractivity contribution in [1.82, 2.24) is 0 Å². The summed E-state index contributed by atoms with van der Waals surface area (Å²) in [6.07, 6.45) is 1.43. The van der Waals surface area contributed by atoms with Gasteiger partial charge in [-0.1, -0.05) is 30.3 Å². The van der Waals surface area contributed by atoms with Crippen LogP contribution in [0.2, 0.25) is 0 Å². The molecule has 0 aromatic heterocycles. The van der Waals surface area contributed by atoms with Crippen LogP contribution < -0.4 is 0 Å². The topological polar surface area (TPSA) is 17.1 Å². The average molecular weight is 254 g/mol. The first-order valence-electron chi connectivity index (χ1n) is 6.52. The summed E-state index contributed by atoms with van der Waals surface area (Å²) in [6.45, 7) is 1.85. The van der Waals surface area contributed by atoms with E-state index < -0.39 is 0 Å². The van der Waals surface area contributed by atoms with Gasteiger partial charge in [0.05, 0.1) is 0 Å². The van der Waals surface area contributed by atoms with Gasteiger partial charge in [0.1, 0.15) is 5.82 Å². The molecule has 0 saturated carbocycles. The Morgan fingerprint density at radius 2 is 2.05 bits per heavy atom. The highest BCUT2D eigenvalue weighted by Gasteiger charge is 2.28. The zero-order chi connectivity index (χ0) is 13.4. The molecule has 19 heavy (non-hydrogen) atoms. The Morgan fingerprint density at radius 1 is 1.26 bits per heavy atom. The number of aryl methyl sites for hydroxylation is 1. The van der Waals surface area contributed by atoms with E-state index >= 15 is 0 Å². The fourth-order valence-corrected chi connectivity index (χ4v) is 2.77. The highest BCUT2D eigenvalue weighted by molar-refractivity contribution is 5.98. The van der Waals surface area contributed by atoms with E-state index in [1.165, 1.54) is 23.3 Å². The van der Waals surface area contributed by atoms with Crippen molar-refractivity contribution < 1.29 is 9.18 Å². The predicted molar refractivity (Wildman–Crippen MR) is 73.0 cm³/mol. The van der Waals surface area contributed by atoms with Crippen LogP contribution in [0.3, 0.4) is 0 Å². The maximum absolute atomic E-state index is 13.2. The summed E-state index contributed by atoms with van der Waals surface area (Å²) < 4.78 is 13.2. The van der Waals surface area contributed by atoms with Crippen LogP contribution in [-0.2, 0) is 6.42 Å². The zero-order valence-electron chi connectivity index (χ0n) is 10.8. The molecule has 0 aliphatic heterocycles. The highest BCUT2D eigenvalue weighted by Crippen LogP contribution is 2.38. The standard InChI is InChI=1S/C17H15FO/c1-11-6-7-14(18)10-16(11)17(19)9-13-8-12-4-2-3-5-15(12)13/h2-7,10,13H,8-9H2,1H3. The summed E-state index contributed by atoms with van der Waals surface area (Å²) in [6, 6.07) is 12.6. The Labute approximate surface area is 112 Å². The van der Waals surface area contributed by atoms with Gasteiger partial charge in [-0.3, -0.25) is 4.79 Å². The molecule has 0 N–H and O–H groups in total. The van der Waals surface area contributed by atoms with E-state index in [0.29, 0.717) is 17.9 Å². The third-order valence-corrected chi connectivity index (χ3v) is 3.89. The van der Waals surface area contributed by atoms with Gasteiger partial charge in [0.25, 0.3) is 0 Å². The fraction of sp³-hybridized carbons (Fsp3) is 0.235. The van der Waals surface area contributed by atoms with E-state index in [-0.39, 0.29) is 11.6 Å². The lowest BCUT2D eigenvalue weighted by atomic mass is 9.74. The van der Waals surface area contributed by atoms with E-state index in [2.05, 4.69) is 12.1 Å². The second-order valence-corrected chi connectivity index (χ2v) is 5.19. The molecule has 1 unspecified atom stereocenters. The van der Waals surface area contributed by atoms with Crippen molar-refractivity contribution in [1.29, 1.82) is 0 Å². The average Bonchev–Trinajstić information content (AvgIpc) is 2.38. The predicted octanol–water partition coefficient (Wildman–Crippen LogP) is 4.05. The van der Waals surface area contributed by atoms with Crippen molar-refractivity contribution in [3.63, 3.8) is 0 Å². The number of carbonyl (C=O) groups excluding carboxylic acids is 1. The minimum absolute atomic E-state index is 0.0384. The summed E-state index contributed by atoms with van der Waals surface area (Å²) in [5, 5.41) is 0. The lowest BCUT2D eigenvalue weighted by molar-refractivity contribution is 0.0969. The maximum Gasteiger partial charge on any atom is 0.163 e. The SMILES string of the molecule is Cc1ccc(F)cc1C(=O)CC1Cc2ccccc21. The molecule has 0 amide bonds. The van der Waals surface area contributed by atoms with E-state index in [1.54, 1.807) is 6.07 Å². The zero-order valence-corrected chi connectivity index (χ0v) is 10.8. The summed E-state index contributed by atoms with van der Waals surface area (Å²) in [4.78, 5) is 12.3. The van der Waals surface area contributed by atoms with Gasteiger partial charge in [-0.25, -0.2) is 4.39 Å². The highest BCUT2D eigenvalue weighted by atomic mass is 19.1. The van der Waals surface area contributed by atoms with E-state index in [4.69, 9.17) is 0 Å². The number of benzene rings is 2. The first kappa shape index (κ1) is 12.1. The summed E-state index contributed by atoms with van der Waals surface area (Å²) in [5.74, 6) is -0.00849. The molecule has 0 radical (unpaired) electrons. The number of Topliss-reactive ketones (excluding diaryl/α,β-unsaturated/α-hetero) is 1. The Balaban J connectivity index is 1.79. The summed E-state index contributed by atoms with van der Waals surface area (Å²) in [5.41, 5.74) is 3.96. The Morgan fingerprint density at radius 3 is 2.84 bits per heavy atom. The van der Waals surface area contributed by atoms with Crippen molar-refractivity contribution in [3.8, 4) is 0 Å². The van der Waals surface area contributed by atoms with Gasteiger partial charge in [-0.05, 0) is 48.1 Å². The molecule has 2 heteroatoms. The van der Waals surface area contributed by atoms with Crippen LogP contribution in [0, 0.1) is 12.7 Å². The molecule has 2 aromatic carbocycles. The van der Waals surface area contributed by atoms with Crippen LogP contribution in [0.25, 0.3) is 0 Å². The van der Waals surface area contributed by atoms with Crippen LogP contribution in [0.15, 0.2) is 42.5 Å². The number of halogens is 1. The van der Waals surface area contributed by atoms with Crippen molar-refractivity contribution in [3.05, 3.63) is 70.5 Å². The molecule has 1 aliphatic carbocycles. The first-order chi connectivity index (χ1) is 9.15. The fourth-order valence-electron chi connectivity index (χ4n) is 2.77. The van der Waals surface area contributed by atoms with Gasteiger partial charge in [-0.15, -0.1) is 0 Å². The van der Waals surface area contributed by atoms with Gasteiger partial charge in [0.2, 0.25) is 0 Å². The van der Waals surface area contributed by atoms with E-state index in [0.717, 1.165) is 12.0 Å². The second kappa shape index (κ2) is 4.61. The monoisotopic (exact) mass is 254 g/mol. The largest absolute Gasteiger partial charge is 0.294 e. The van der Waals surface area contributed by atoms with Crippen molar-refractivity contribution >= 4 is 5.78 Å². The van der Waals surface area contributed by atoms with E-state index in [9.17, 15) is 9.18 Å². The molecule has 0 fully saturated rings. The normalized spacial score (nSPS) is 16.6. The van der Waals surface area contributed by atoms with Gasteiger partial charge in [0, 0.05) is 12.0 Å². The minimum Gasteiger partial charge on any atom is -0.294 e. The van der Waals surface area contributed by atoms with Gasteiger partial charge in [0.15, 0.2) is 5.78 Å². The molecule has 1 atom stereocenters. The third kappa shape index (κ3) is 2.19. The van der Waals surface area contributed by atoms with E-state index in [1.807, 2.05) is 19.1 Å². The number of hydrogen-bond donors (Lipinski definition) is 0. The molecule has 96 valence electrons. The Kier molecular flexibility index (Phi) is 2.94. The first-order valence-corrected chi connectivity index (χ1v) is 6.52. The molecular weight excluding hydrogens is 239 g/mol. The lowest BCUT2D eigenvalue weighted by Crippen LogP contribution is -2.20. The van der Waals surface area contributed by atoms with Gasteiger partial charge in [-0.2, -0.15) is 0 Å². The van der Waals surface area contributed by atoms with Crippen molar-refractivity contribution in [2.75, 3.05) is 0 Å². The summed E-state index contributed by atoms with van der Waals surface area (Å²) >= 11 is 0. The second-order valence-electron chi connectivity index (χ2n) is 5.19. The number of fused-ring (bicyclic) bond motifs is 1. The minimum atomic E-state index is -0.344. The molecule has 0 bridgehead atoms. The molecule has 2 aromatic rings. The third-order valence-electron chi connectivity index (χ3n) is 3.89. The van der Waals surface area contributed by atoms with Crippen LogP contribution in [0.1, 0.15) is 39.4 Å². The van der Waals surface area contributed by atoms with Crippen LogP contribution in [0.4, 0.5) is 4.39 Å².